The first kappa shape index (κ1) is 21.7. The zero-order chi connectivity index (χ0) is 23.2. The first-order chi connectivity index (χ1) is 15.8. The van der Waals surface area contributed by atoms with Crippen molar-refractivity contribution in [3.05, 3.63) is 100 Å². The Morgan fingerprint density at radius 2 is 1.55 bits per heavy atom. The topological polar surface area (TPSA) is 34.0 Å². The molecule has 0 bridgehead atoms. The Hall–Kier alpha value is -3.11. The molecule has 0 atom stereocenters. The molecule has 1 aliphatic carbocycles. The van der Waals surface area contributed by atoms with E-state index in [1.54, 1.807) is 0 Å². The fraction of sp³-hybridized carbons (Fsp3) is 0.207. The minimum Gasteiger partial charge on any atom is -0.353 e. The van der Waals surface area contributed by atoms with Crippen LogP contribution in [0, 0.1) is 12.3 Å². The van der Waals surface area contributed by atoms with Crippen LogP contribution < -0.4 is 5.32 Å². The van der Waals surface area contributed by atoms with E-state index in [4.69, 9.17) is 0 Å². The Kier molecular flexibility index (Phi) is 5.49. The molecule has 4 heteroatoms. The lowest BCUT2D eigenvalue weighted by Gasteiger charge is -2.30. The third-order valence-electron chi connectivity index (χ3n) is 6.29. The van der Waals surface area contributed by atoms with E-state index in [1.807, 2.05) is 30.3 Å². The van der Waals surface area contributed by atoms with Crippen molar-refractivity contribution in [3.8, 4) is 16.9 Å². The maximum atomic E-state index is 13.6. The molecule has 3 nitrogen and oxygen atoms in total. The SMILES string of the molecule is Cc1ccc(-c2c(Nc3ccc(Br)cc3)c3c(n2-c2ccccc2)CC(C)(C)CC3=O)cc1. The summed E-state index contributed by atoms with van der Waals surface area (Å²) in [4.78, 5) is 13.6. The van der Waals surface area contributed by atoms with Gasteiger partial charge in [-0.2, -0.15) is 0 Å². The summed E-state index contributed by atoms with van der Waals surface area (Å²) in [6.45, 7) is 6.46. The van der Waals surface area contributed by atoms with Gasteiger partial charge in [0.05, 0.1) is 16.9 Å². The smallest absolute Gasteiger partial charge is 0.167 e. The third kappa shape index (κ3) is 4.16. The van der Waals surface area contributed by atoms with Crippen LogP contribution in [0.15, 0.2) is 83.3 Å². The molecule has 4 aromatic rings. The lowest BCUT2D eigenvalue weighted by molar-refractivity contribution is 0.0912. The molecule has 5 rings (SSSR count). The van der Waals surface area contributed by atoms with Gasteiger partial charge in [-0.05, 0) is 55.2 Å². The van der Waals surface area contributed by atoms with Crippen molar-refractivity contribution in [1.29, 1.82) is 0 Å². The number of nitrogens with zero attached hydrogens (tertiary/aromatic N) is 1. The van der Waals surface area contributed by atoms with Crippen molar-refractivity contribution in [2.45, 2.75) is 33.6 Å². The first-order valence-corrected chi connectivity index (χ1v) is 12.1. The van der Waals surface area contributed by atoms with Gasteiger partial charge in [-0.1, -0.05) is 77.8 Å². The van der Waals surface area contributed by atoms with Crippen molar-refractivity contribution in [1.82, 2.24) is 4.57 Å². The van der Waals surface area contributed by atoms with Gasteiger partial charge in [-0.3, -0.25) is 4.79 Å². The molecule has 0 fully saturated rings. The van der Waals surface area contributed by atoms with E-state index in [1.165, 1.54) is 5.56 Å². The Morgan fingerprint density at radius 3 is 2.21 bits per heavy atom. The zero-order valence-electron chi connectivity index (χ0n) is 19.2. The highest BCUT2D eigenvalue weighted by Gasteiger charge is 2.38. The number of Topliss-reactive ketones (excluding diaryl/α,β-unsaturated/α-hetero) is 1. The second kappa shape index (κ2) is 8.35. The number of carbonyl (C=O) groups is 1. The van der Waals surface area contributed by atoms with Crippen LogP contribution in [0.2, 0.25) is 0 Å². The molecule has 166 valence electrons. The number of halogens is 1. The van der Waals surface area contributed by atoms with Crippen LogP contribution in [0.4, 0.5) is 11.4 Å². The Morgan fingerprint density at radius 1 is 0.879 bits per heavy atom. The number of benzene rings is 3. The van der Waals surface area contributed by atoms with E-state index in [-0.39, 0.29) is 11.2 Å². The van der Waals surface area contributed by atoms with Crippen LogP contribution in [0.3, 0.4) is 0 Å². The summed E-state index contributed by atoms with van der Waals surface area (Å²) in [5.41, 5.74) is 8.05. The zero-order valence-corrected chi connectivity index (χ0v) is 20.7. The molecule has 1 aromatic heterocycles. The molecule has 1 N–H and O–H groups in total. The number of nitrogens with one attached hydrogen (secondary N) is 1. The maximum Gasteiger partial charge on any atom is 0.167 e. The Balaban J connectivity index is 1.83. The van der Waals surface area contributed by atoms with Gasteiger partial charge in [0.2, 0.25) is 0 Å². The molecule has 1 heterocycles. The van der Waals surface area contributed by atoms with Crippen LogP contribution in [-0.4, -0.2) is 10.4 Å². The number of aryl methyl sites for hydroxylation is 1. The summed E-state index contributed by atoms with van der Waals surface area (Å²) < 4.78 is 3.31. The maximum absolute atomic E-state index is 13.6. The minimum atomic E-state index is -0.0889. The number of carbonyl (C=O) groups excluding carboxylic acids is 1. The van der Waals surface area contributed by atoms with Crippen molar-refractivity contribution < 1.29 is 4.79 Å². The monoisotopic (exact) mass is 498 g/mol. The van der Waals surface area contributed by atoms with Gasteiger partial charge < -0.3 is 9.88 Å². The van der Waals surface area contributed by atoms with Crippen LogP contribution in [0.5, 0.6) is 0 Å². The average molecular weight is 499 g/mol. The molecule has 0 saturated heterocycles. The lowest BCUT2D eigenvalue weighted by Crippen LogP contribution is -2.28. The first-order valence-electron chi connectivity index (χ1n) is 11.3. The minimum absolute atomic E-state index is 0.0889. The second-order valence-electron chi connectivity index (χ2n) is 9.66. The quantitative estimate of drug-likeness (QED) is 0.308. The number of ketones is 1. The largest absolute Gasteiger partial charge is 0.353 e. The van der Waals surface area contributed by atoms with Gasteiger partial charge in [0, 0.05) is 33.5 Å². The predicted molar refractivity (Wildman–Crippen MR) is 140 cm³/mol. The fourth-order valence-electron chi connectivity index (χ4n) is 4.77. The Bertz CT molecular complexity index is 1320. The van der Waals surface area contributed by atoms with Gasteiger partial charge in [0.15, 0.2) is 5.78 Å². The number of hydrogen-bond acceptors (Lipinski definition) is 2. The van der Waals surface area contributed by atoms with E-state index in [0.29, 0.717) is 6.42 Å². The molecule has 0 aliphatic heterocycles. The lowest BCUT2D eigenvalue weighted by atomic mass is 9.76. The van der Waals surface area contributed by atoms with Crippen LogP contribution in [0.1, 0.15) is 41.9 Å². The number of rotatable bonds is 4. The fourth-order valence-corrected chi connectivity index (χ4v) is 5.04. The summed E-state index contributed by atoms with van der Waals surface area (Å²) >= 11 is 3.52. The van der Waals surface area contributed by atoms with Gasteiger partial charge in [-0.15, -0.1) is 0 Å². The second-order valence-corrected chi connectivity index (χ2v) is 10.6. The molecular weight excluding hydrogens is 472 g/mol. The van der Waals surface area contributed by atoms with Crippen molar-refractivity contribution in [2.24, 2.45) is 5.41 Å². The van der Waals surface area contributed by atoms with E-state index < -0.39 is 0 Å². The van der Waals surface area contributed by atoms with Crippen LogP contribution in [-0.2, 0) is 6.42 Å². The van der Waals surface area contributed by atoms with Crippen molar-refractivity contribution >= 4 is 33.1 Å². The molecule has 3 aromatic carbocycles. The molecule has 0 amide bonds. The molecule has 0 unspecified atom stereocenters. The molecular formula is C29H27BrN2O. The predicted octanol–water partition coefficient (Wildman–Crippen LogP) is 8.11. The molecule has 1 aliphatic rings. The average Bonchev–Trinajstić information content (AvgIpc) is 3.09. The summed E-state index contributed by atoms with van der Waals surface area (Å²) in [6, 6.07) is 27.0. The summed E-state index contributed by atoms with van der Waals surface area (Å²) in [6.07, 6.45) is 1.38. The molecule has 0 spiro atoms. The van der Waals surface area contributed by atoms with E-state index in [9.17, 15) is 4.79 Å². The van der Waals surface area contributed by atoms with Crippen LogP contribution >= 0.6 is 15.9 Å². The van der Waals surface area contributed by atoms with Gasteiger partial charge in [-0.25, -0.2) is 0 Å². The highest BCUT2D eigenvalue weighted by Crippen LogP contribution is 2.46. The van der Waals surface area contributed by atoms with Crippen LogP contribution in [0.25, 0.3) is 16.9 Å². The number of hydrogen-bond donors (Lipinski definition) is 1. The summed E-state index contributed by atoms with van der Waals surface area (Å²) in [7, 11) is 0. The van der Waals surface area contributed by atoms with Gasteiger partial charge >= 0.3 is 0 Å². The van der Waals surface area contributed by atoms with E-state index >= 15 is 0 Å². The summed E-state index contributed by atoms with van der Waals surface area (Å²) in [5, 5.41) is 3.63. The number of para-hydroxylation sites is 1. The number of fused-ring (bicyclic) bond motifs is 1. The molecule has 0 radical (unpaired) electrons. The normalized spacial score (nSPS) is 14.7. The third-order valence-corrected chi connectivity index (χ3v) is 6.81. The van der Waals surface area contributed by atoms with Crippen molar-refractivity contribution in [3.63, 3.8) is 0 Å². The molecule has 0 saturated carbocycles. The van der Waals surface area contributed by atoms with Crippen molar-refractivity contribution in [2.75, 3.05) is 5.32 Å². The van der Waals surface area contributed by atoms with Gasteiger partial charge in [0.1, 0.15) is 0 Å². The highest BCUT2D eigenvalue weighted by molar-refractivity contribution is 9.10. The number of aromatic nitrogens is 1. The van der Waals surface area contributed by atoms with Gasteiger partial charge in [0.25, 0.3) is 0 Å². The summed E-state index contributed by atoms with van der Waals surface area (Å²) in [5.74, 6) is 0.198. The Labute approximate surface area is 203 Å². The number of anilines is 2. The highest BCUT2D eigenvalue weighted by atomic mass is 79.9. The van der Waals surface area contributed by atoms with E-state index in [0.717, 1.165) is 50.5 Å². The molecule has 33 heavy (non-hydrogen) atoms. The standard InChI is InChI=1S/C29H27BrN2O/c1-19-9-11-20(12-10-19)28-27(31-22-15-13-21(30)14-16-22)26-24(17-29(2,3)18-25(26)33)32(28)23-7-5-4-6-8-23/h4-16,31H,17-18H2,1-3H3. The van der Waals surface area contributed by atoms with E-state index in [2.05, 4.69) is 95.1 Å².